The third-order valence-corrected chi connectivity index (χ3v) is 1.60. The molecule has 0 aromatic heterocycles. The highest BCUT2D eigenvalue weighted by Crippen LogP contribution is 1.87. The summed E-state index contributed by atoms with van der Waals surface area (Å²) in [5.41, 5.74) is 0.512. The summed E-state index contributed by atoms with van der Waals surface area (Å²) >= 11 is 0. The molecule has 0 spiro atoms. The largest absolute Gasteiger partial charge is 0.377 e. The van der Waals surface area contributed by atoms with Crippen LogP contribution in [0.15, 0.2) is 12.2 Å². The summed E-state index contributed by atoms with van der Waals surface area (Å²) in [4.78, 5) is 11.0. The van der Waals surface area contributed by atoms with Gasteiger partial charge in [0.15, 0.2) is 0 Å². The molecule has 15 heavy (non-hydrogen) atoms. The van der Waals surface area contributed by atoms with Crippen molar-refractivity contribution in [3.05, 3.63) is 12.2 Å². The van der Waals surface area contributed by atoms with Crippen molar-refractivity contribution < 1.29 is 14.3 Å². The molecular formula is C11H21NO3. The smallest absolute Gasteiger partial charge is 0.246 e. The summed E-state index contributed by atoms with van der Waals surface area (Å²) in [6.45, 7) is 11.3. The second kappa shape index (κ2) is 8.44. The molecule has 0 aliphatic heterocycles. The van der Waals surface area contributed by atoms with Crippen LogP contribution in [0.2, 0.25) is 0 Å². The molecule has 0 aromatic rings. The minimum absolute atomic E-state index is 0.128. The van der Waals surface area contributed by atoms with E-state index in [9.17, 15) is 4.79 Å². The van der Waals surface area contributed by atoms with Crippen LogP contribution in [0.4, 0.5) is 0 Å². The van der Waals surface area contributed by atoms with E-state index >= 15 is 0 Å². The summed E-state index contributed by atoms with van der Waals surface area (Å²) < 4.78 is 10.5. The monoisotopic (exact) mass is 215 g/mol. The Morgan fingerprint density at radius 1 is 1.33 bits per heavy atom. The molecule has 1 N–H and O–H groups in total. The van der Waals surface area contributed by atoms with E-state index in [2.05, 4.69) is 11.9 Å². The first-order chi connectivity index (χ1) is 7.04. The van der Waals surface area contributed by atoms with Gasteiger partial charge < -0.3 is 14.8 Å². The minimum atomic E-state index is -0.128. The lowest BCUT2D eigenvalue weighted by Crippen LogP contribution is -2.27. The zero-order valence-electron chi connectivity index (χ0n) is 9.84. The lowest BCUT2D eigenvalue weighted by atomic mass is 10.3. The van der Waals surface area contributed by atoms with Gasteiger partial charge in [0, 0.05) is 12.1 Å². The van der Waals surface area contributed by atoms with Crippen LogP contribution < -0.4 is 5.32 Å². The van der Waals surface area contributed by atoms with Gasteiger partial charge in [0.25, 0.3) is 0 Å². The topological polar surface area (TPSA) is 47.6 Å². The van der Waals surface area contributed by atoms with E-state index in [1.54, 1.807) is 6.92 Å². The molecule has 0 unspecified atom stereocenters. The fourth-order valence-corrected chi connectivity index (χ4v) is 0.832. The van der Waals surface area contributed by atoms with Gasteiger partial charge in [0.2, 0.25) is 5.91 Å². The van der Waals surface area contributed by atoms with Crippen LogP contribution in [0, 0.1) is 0 Å². The minimum Gasteiger partial charge on any atom is -0.377 e. The predicted molar refractivity (Wildman–Crippen MR) is 59.7 cm³/mol. The van der Waals surface area contributed by atoms with Crippen molar-refractivity contribution in [3.8, 4) is 0 Å². The second-order valence-electron chi connectivity index (χ2n) is 3.57. The molecule has 0 aromatic carbocycles. The van der Waals surface area contributed by atoms with Crippen LogP contribution in [0.5, 0.6) is 0 Å². The van der Waals surface area contributed by atoms with Crippen molar-refractivity contribution in [3.63, 3.8) is 0 Å². The first kappa shape index (κ1) is 14.1. The summed E-state index contributed by atoms with van der Waals surface area (Å²) in [6.07, 6.45) is 0.233. The maximum Gasteiger partial charge on any atom is 0.246 e. The number of carbonyl (C=O) groups excluding carboxylic acids is 1. The molecule has 0 heterocycles. The molecule has 0 radical (unpaired) electrons. The van der Waals surface area contributed by atoms with Gasteiger partial charge in [-0.05, 0) is 20.8 Å². The number of hydrogen-bond acceptors (Lipinski definition) is 3. The summed E-state index contributed by atoms with van der Waals surface area (Å²) in [5.74, 6) is -0.128. The third-order valence-electron chi connectivity index (χ3n) is 1.60. The van der Waals surface area contributed by atoms with E-state index in [0.29, 0.717) is 31.9 Å². The Morgan fingerprint density at radius 2 is 2.00 bits per heavy atom. The molecule has 1 amide bonds. The first-order valence-electron chi connectivity index (χ1n) is 5.17. The van der Waals surface area contributed by atoms with Gasteiger partial charge in [0.05, 0.1) is 25.9 Å². The Bertz CT molecular complexity index is 202. The first-order valence-corrected chi connectivity index (χ1v) is 5.17. The Kier molecular flexibility index (Phi) is 7.95. The highest BCUT2D eigenvalue weighted by atomic mass is 16.5. The number of amides is 1. The van der Waals surface area contributed by atoms with E-state index in [4.69, 9.17) is 9.47 Å². The lowest BCUT2D eigenvalue weighted by molar-refractivity contribution is -0.117. The van der Waals surface area contributed by atoms with Crippen molar-refractivity contribution in [2.24, 2.45) is 0 Å². The lowest BCUT2D eigenvalue weighted by Gasteiger charge is -2.08. The second-order valence-corrected chi connectivity index (χ2v) is 3.57. The Labute approximate surface area is 91.6 Å². The van der Waals surface area contributed by atoms with Crippen molar-refractivity contribution in [2.75, 3.05) is 26.4 Å². The molecular weight excluding hydrogens is 194 g/mol. The molecule has 4 heteroatoms. The van der Waals surface area contributed by atoms with E-state index in [1.807, 2.05) is 13.8 Å². The molecule has 88 valence electrons. The Balaban J connectivity index is 3.18. The zero-order chi connectivity index (χ0) is 11.7. The summed E-state index contributed by atoms with van der Waals surface area (Å²) in [5, 5.41) is 2.68. The number of ether oxygens (including phenoxy) is 2. The van der Waals surface area contributed by atoms with Gasteiger partial charge in [-0.3, -0.25) is 4.79 Å². The highest BCUT2D eigenvalue weighted by molar-refractivity contribution is 5.91. The molecule has 0 atom stereocenters. The normalized spacial score (nSPS) is 10.4. The summed E-state index contributed by atoms with van der Waals surface area (Å²) in [7, 11) is 0. The zero-order valence-corrected chi connectivity index (χ0v) is 9.84. The summed E-state index contributed by atoms with van der Waals surface area (Å²) in [6, 6.07) is 0. The molecule has 0 saturated carbocycles. The van der Waals surface area contributed by atoms with E-state index in [0.717, 1.165) is 0 Å². The van der Waals surface area contributed by atoms with Crippen molar-refractivity contribution in [1.29, 1.82) is 0 Å². The molecule has 4 nitrogen and oxygen atoms in total. The standard InChI is InChI=1S/C11H21NO3/c1-9(2)11(13)12-5-6-14-7-8-15-10(3)4/h10H,1,5-8H2,2-4H3,(H,12,13). The van der Waals surface area contributed by atoms with Gasteiger partial charge in [-0.15, -0.1) is 0 Å². The average molecular weight is 215 g/mol. The average Bonchev–Trinajstić information content (AvgIpc) is 2.15. The van der Waals surface area contributed by atoms with E-state index in [1.165, 1.54) is 0 Å². The number of carbonyl (C=O) groups is 1. The number of nitrogens with one attached hydrogen (secondary N) is 1. The fraction of sp³-hybridized carbons (Fsp3) is 0.727. The maximum absolute atomic E-state index is 11.0. The van der Waals surface area contributed by atoms with E-state index < -0.39 is 0 Å². The Hall–Kier alpha value is -0.870. The maximum atomic E-state index is 11.0. The van der Waals surface area contributed by atoms with Crippen molar-refractivity contribution in [2.45, 2.75) is 26.9 Å². The van der Waals surface area contributed by atoms with Gasteiger partial charge in [0.1, 0.15) is 0 Å². The number of hydrogen-bond donors (Lipinski definition) is 1. The van der Waals surface area contributed by atoms with Crippen LogP contribution >= 0.6 is 0 Å². The van der Waals surface area contributed by atoms with Crippen molar-refractivity contribution >= 4 is 5.91 Å². The quantitative estimate of drug-likeness (QED) is 0.487. The molecule has 0 aliphatic rings. The van der Waals surface area contributed by atoms with Crippen LogP contribution in [0.3, 0.4) is 0 Å². The van der Waals surface area contributed by atoms with Crippen LogP contribution in [-0.4, -0.2) is 38.4 Å². The van der Waals surface area contributed by atoms with Crippen LogP contribution in [0.1, 0.15) is 20.8 Å². The Morgan fingerprint density at radius 3 is 2.53 bits per heavy atom. The van der Waals surface area contributed by atoms with Crippen LogP contribution in [-0.2, 0) is 14.3 Å². The van der Waals surface area contributed by atoms with Crippen molar-refractivity contribution in [1.82, 2.24) is 5.32 Å². The number of rotatable bonds is 8. The molecule has 0 aliphatic carbocycles. The predicted octanol–water partition coefficient (Wildman–Crippen LogP) is 1.12. The molecule has 0 rings (SSSR count). The molecule has 0 saturated heterocycles. The van der Waals surface area contributed by atoms with Gasteiger partial charge in [-0.25, -0.2) is 0 Å². The van der Waals surface area contributed by atoms with Gasteiger partial charge >= 0.3 is 0 Å². The SMILES string of the molecule is C=C(C)C(=O)NCCOCCOC(C)C. The fourth-order valence-electron chi connectivity index (χ4n) is 0.832. The van der Waals surface area contributed by atoms with Gasteiger partial charge in [-0.1, -0.05) is 6.58 Å². The molecule has 0 bridgehead atoms. The van der Waals surface area contributed by atoms with Gasteiger partial charge in [-0.2, -0.15) is 0 Å². The van der Waals surface area contributed by atoms with E-state index in [-0.39, 0.29) is 12.0 Å². The third kappa shape index (κ3) is 9.43. The van der Waals surface area contributed by atoms with Crippen LogP contribution in [0.25, 0.3) is 0 Å². The highest BCUT2D eigenvalue weighted by Gasteiger charge is 1.99. The molecule has 0 fully saturated rings.